The highest BCUT2D eigenvalue weighted by Crippen LogP contribution is 2.31. The molecule has 0 radical (unpaired) electrons. The third-order valence-corrected chi connectivity index (χ3v) is 6.21. The molecule has 3 rings (SSSR count). The number of anilines is 1. The molecule has 0 aliphatic heterocycles. The second-order valence-electron chi connectivity index (χ2n) is 7.20. The summed E-state index contributed by atoms with van der Waals surface area (Å²) in [6.45, 7) is 4.84. The molecule has 0 spiro atoms. The minimum Gasteiger partial charge on any atom is -0.309 e. The normalized spacial score (nSPS) is 11.4. The Morgan fingerprint density at radius 1 is 1.24 bits per heavy atom. The molecule has 0 aliphatic carbocycles. The van der Waals surface area contributed by atoms with Gasteiger partial charge in [0.2, 0.25) is 5.91 Å². The lowest BCUT2D eigenvalue weighted by molar-refractivity contribution is -0.119. The number of fused-ring (bicyclic) bond motifs is 1. The molecule has 0 saturated heterocycles. The maximum absolute atomic E-state index is 13.2. The van der Waals surface area contributed by atoms with Crippen LogP contribution in [0.25, 0.3) is 10.2 Å². The first-order valence-corrected chi connectivity index (χ1v) is 10.9. The van der Waals surface area contributed by atoms with Crippen molar-refractivity contribution in [3.8, 4) is 0 Å². The van der Waals surface area contributed by atoms with Gasteiger partial charge in [0.1, 0.15) is 6.54 Å². The van der Waals surface area contributed by atoms with Gasteiger partial charge in [-0.3, -0.25) is 19.1 Å². The number of hydrogen-bond acceptors (Lipinski definition) is 6. The molecule has 3 aromatic rings. The van der Waals surface area contributed by atoms with Crippen molar-refractivity contribution >= 4 is 48.5 Å². The van der Waals surface area contributed by atoms with Gasteiger partial charge in [-0.05, 0) is 59.1 Å². The minimum atomic E-state index is -0.188. The van der Waals surface area contributed by atoms with Crippen LogP contribution in [0.2, 0.25) is 0 Å². The number of amides is 1. The summed E-state index contributed by atoms with van der Waals surface area (Å²) < 4.78 is 3.34. The molecule has 9 heteroatoms. The van der Waals surface area contributed by atoms with Gasteiger partial charge in [-0.15, -0.1) is 0 Å². The highest BCUT2D eigenvalue weighted by atomic mass is 79.9. The van der Waals surface area contributed by atoms with Crippen LogP contribution in [0.3, 0.4) is 0 Å². The van der Waals surface area contributed by atoms with Gasteiger partial charge in [-0.2, -0.15) is 0 Å². The fraction of sp³-hybridized carbons (Fsp3) is 0.400. The molecule has 0 N–H and O–H groups in total. The van der Waals surface area contributed by atoms with E-state index in [1.807, 2.05) is 32.3 Å². The zero-order chi connectivity index (χ0) is 21.1. The van der Waals surface area contributed by atoms with Crippen molar-refractivity contribution in [1.82, 2.24) is 19.4 Å². The summed E-state index contributed by atoms with van der Waals surface area (Å²) in [7, 11) is 4.00. The molecule has 7 nitrogen and oxygen atoms in total. The standard InChI is InChI=1S/C20H24BrN5O2S/c1-13-14(2)22-12-25(19(13)28)11-18(27)26(9-5-8-24(3)4)20-23-16-7-6-15(21)10-17(16)29-20/h6-7,10,12H,5,8-9,11H2,1-4H3. The van der Waals surface area contributed by atoms with Crippen LogP contribution in [0.1, 0.15) is 17.7 Å². The molecule has 0 bridgehead atoms. The molecule has 1 aromatic carbocycles. The van der Waals surface area contributed by atoms with Gasteiger partial charge < -0.3 is 4.90 Å². The van der Waals surface area contributed by atoms with E-state index >= 15 is 0 Å². The Labute approximate surface area is 182 Å². The maximum atomic E-state index is 13.2. The van der Waals surface area contributed by atoms with E-state index in [1.54, 1.807) is 18.7 Å². The topological polar surface area (TPSA) is 71.3 Å². The molecule has 1 amide bonds. The predicted molar refractivity (Wildman–Crippen MR) is 121 cm³/mol. The van der Waals surface area contributed by atoms with Crippen molar-refractivity contribution in [2.45, 2.75) is 26.8 Å². The van der Waals surface area contributed by atoms with Crippen molar-refractivity contribution in [1.29, 1.82) is 0 Å². The van der Waals surface area contributed by atoms with Gasteiger partial charge in [0, 0.05) is 22.3 Å². The summed E-state index contributed by atoms with van der Waals surface area (Å²) in [4.78, 5) is 38.3. The van der Waals surface area contributed by atoms with Crippen LogP contribution < -0.4 is 10.5 Å². The van der Waals surface area contributed by atoms with E-state index in [-0.39, 0.29) is 18.0 Å². The number of benzene rings is 1. The zero-order valence-corrected chi connectivity index (χ0v) is 19.4. The molecule has 29 heavy (non-hydrogen) atoms. The largest absolute Gasteiger partial charge is 0.309 e. The van der Waals surface area contributed by atoms with Crippen molar-refractivity contribution in [2.75, 3.05) is 32.1 Å². The Kier molecular flexibility index (Phi) is 6.81. The van der Waals surface area contributed by atoms with Crippen LogP contribution in [-0.4, -0.2) is 52.5 Å². The van der Waals surface area contributed by atoms with Crippen LogP contribution in [-0.2, 0) is 11.3 Å². The average molecular weight is 478 g/mol. The van der Waals surface area contributed by atoms with Gasteiger partial charge in [-0.1, -0.05) is 27.3 Å². The van der Waals surface area contributed by atoms with Crippen LogP contribution >= 0.6 is 27.3 Å². The van der Waals surface area contributed by atoms with Crippen LogP contribution in [0.4, 0.5) is 5.13 Å². The fourth-order valence-electron chi connectivity index (χ4n) is 2.89. The number of aromatic nitrogens is 3. The van der Waals surface area contributed by atoms with Crippen LogP contribution in [0.5, 0.6) is 0 Å². The first-order chi connectivity index (χ1) is 13.8. The summed E-state index contributed by atoms with van der Waals surface area (Å²) in [5.74, 6) is -0.172. The van der Waals surface area contributed by atoms with E-state index in [2.05, 4.69) is 30.8 Å². The number of nitrogens with zero attached hydrogens (tertiary/aromatic N) is 5. The fourth-order valence-corrected chi connectivity index (χ4v) is 4.45. The second kappa shape index (κ2) is 9.15. The van der Waals surface area contributed by atoms with Crippen LogP contribution in [0, 0.1) is 13.8 Å². The highest BCUT2D eigenvalue weighted by Gasteiger charge is 2.21. The van der Waals surface area contributed by atoms with Gasteiger partial charge in [0.05, 0.1) is 16.5 Å². The highest BCUT2D eigenvalue weighted by molar-refractivity contribution is 9.10. The Bertz CT molecular complexity index is 1090. The monoisotopic (exact) mass is 477 g/mol. The molecular formula is C20H24BrN5O2S. The van der Waals surface area contributed by atoms with E-state index in [0.717, 1.165) is 27.7 Å². The second-order valence-corrected chi connectivity index (χ2v) is 9.12. The minimum absolute atomic E-state index is 0.0610. The van der Waals surface area contributed by atoms with Gasteiger partial charge >= 0.3 is 0 Å². The third kappa shape index (κ3) is 5.09. The Balaban J connectivity index is 1.90. The van der Waals surface area contributed by atoms with Gasteiger partial charge in [-0.25, -0.2) is 9.97 Å². The molecule has 0 aliphatic rings. The number of carbonyl (C=O) groups is 1. The van der Waals surface area contributed by atoms with E-state index in [9.17, 15) is 9.59 Å². The van der Waals surface area contributed by atoms with E-state index in [0.29, 0.717) is 22.9 Å². The first kappa shape index (κ1) is 21.6. The zero-order valence-electron chi connectivity index (χ0n) is 17.0. The molecule has 0 fully saturated rings. The quantitative estimate of drug-likeness (QED) is 0.522. The van der Waals surface area contributed by atoms with Gasteiger partial charge in [0.25, 0.3) is 5.56 Å². The SMILES string of the molecule is Cc1ncn(CC(=O)N(CCCN(C)C)c2nc3ccc(Br)cc3s2)c(=O)c1C. The lowest BCUT2D eigenvalue weighted by atomic mass is 10.3. The Morgan fingerprint density at radius 2 is 2.00 bits per heavy atom. The van der Waals surface area contributed by atoms with Crippen molar-refractivity contribution in [3.05, 3.63) is 50.6 Å². The molecular weight excluding hydrogens is 454 g/mol. The van der Waals surface area contributed by atoms with Crippen molar-refractivity contribution in [3.63, 3.8) is 0 Å². The van der Waals surface area contributed by atoms with Crippen molar-refractivity contribution < 1.29 is 4.79 Å². The number of halogens is 1. The summed E-state index contributed by atoms with van der Waals surface area (Å²) >= 11 is 4.95. The molecule has 2 aromatic heterocycles. The van der Waals surface area contributed by atoms with E-state index in [1.165, 1.54) is 22.2 Å². The molecule has 2 heterocycles. The average Bonchev–Trinajstić information content (AvgIpc) is 3.08. The van der Waals surface area contributed by atoms with E-state index in [4.69, 9.17) is 0 Å². The molecule has 0 unspecified atom stereocenters. The molecule has 0 saturated carbocycles. The first-order valence-electron chi connectivity index (χ1n) is 9.30. The molecule has 0 atom stereocenters. The number of thiazole rings is 1. The number of hydrogen-bond donors (Lipinski definition) is 0. The number of aryl methyl sites for hydroxylation is 1. The predicted octanol–water partition coefficient (Wildman–Crippen LogP) is 3.22. The van der Waals surface area contributed by atoms with Crippen molar-refractivity contribution in [2.24, 2.45) is 0 Å². The summed E-state index contributed by atoms with van der Waals surface area (Å²) in [6, 6.07) is 5.86. The Morgan fingerprint density at radius 3 is 2.72 bits per heavy atom. The smallest absolute Gasteiger partial charge is 0.256 e. The van der Waals surface area contributed by atoms with Gasteiger partial charge in [0.15, 0.2) is 5.13 Å². The third-order valence-electron chi connectivity index (χ3n) is 4.68. The summed E-state index contributed by atoms with van der Waals surface area (Å²) in [6.07, 6.45) is 2.24. The molecule has 154 valence electrons. The summed E-state index contributed by atoms with van der Waals surface area (Å²) in [5.41, 5.74) is 1.90. The Hall–Kier alpha value is -2.10. The lowest BCUT2D eigenvalue weighted by Crippen LogP contribution is -2.38. The maximum Gasteiger partial charge on any atom is 0.256 e. The van der Waals surface area contributed by atoms with E-state index < -0.39 is 0 Å². The number of rotatable bonds is 7. The number of carbonyl (C=O) groups excluding carboxylic acids is 1. The van der Waals surface area contributed by atoms with Crippen LogP contribution in [0.15, 0.2) is 33.8 Å². The lowest BCUT2D eigenvalue weighted by Gasteiger charge is -2.21. The summed E-state index contributed by atoms with van der Waals surface area (Å²) in [5, 5.41) is 0.645.